The van der Waals surface area contributed by atoms with Crippen molar-refractivity contribution in [1.29, 1.82) is 0 Å². The van der Waals surface area contributed by atoms with Crippen molar-refractivity contribution in [3.63, 3.8) is 0 Å². The topological polar surface area (TPSA) is 47.6 Å². The standard InChI is InChI=1S/C14H19Cl2NO3/c1-9(20-3)14(18)17-13(6-7-19-2)10-4-5-11(15)12(16)8-10/h4-5,8-9,13H,6-7H2,1-3H3,(H,17,18). The van der Waals surface area contributed by atoms with Crippen LogP contribution in [0.2, 0.25) is 10.0 Å². The highest BCUT2D eigenvalue weighted by atomic mass is 35.5. The van der Waals surface area contributed by atoms with E-state index in [1.54, 1.807) is 26.2 Å². The Hall–Kier alpha value is -0.810. The molecule has 2 unspecified atom stereocenters. The molecule has 1 aromatic carbocycles. The van der Waals surface area contributed by atoms with Gasteiger partial charge in [0.1, 0.15) is 6.10 Å². The van der Waals surface area contributed by atoms with Crippen LogP contribution in [0.15, 0.2) is 18.2 Å². The maximum absolute atomic E-state index is 11.9. The lowest BCUT2D eigenvalue weighted by atomic mass is 10.0. The second-order valence-electron chi connectivity index (χ2n) is 4.39. The molecule has 1 N–H and O–H groups in total. The zero-order valence-electron chi connectivity index (χ0n) is 11.8. The quantitative estimate of drug-likeness (QED) is 0.839. The number of amides is 1. The number of hydrogen-bond donors (Lipinski definition) is 1. The van der Waals surface area contributed by atoms with E-state index in [0.717, 1.165) is 5.56 Å². The first kappa shape index (κ1) is 17.2. The van der Waals surface area contributed by atoms with Gasteiger partial charge in [0, 0.05) is 20.8 Å². The molecule has 4 nitrogen and oxygen atoms in total. The van der Waals surface area contributed by atoms with Crippen LogP contribution in [0.3, 0.4) is 0 Å². The van der Waals surface area contributed by atoms with Crippen molar-refractivity contribution in [1.82, 2.24) is 5.32 Å². The van der Waals surface area contributed by atoms with Crippen molar-refractivity contribution in [2.24, 2.45) is 0 Å². The number of hydrogen-bond acceptors (Lipinski definition) is 3. The highest BCUT2D eigenvalue weighted by Gasteiger charge is 2.19. The van der Waals surface area contributed by atoms with Gasteiger partial charge < -0.3 is 14.8 Å². The van der Waals surface area contributed by atoms with Crippen LogP contribution in [-0.2, 0) is 14.3 Å². The Bertz CT molecular complexity index is 454. The molecule has 2 atom stereocenters. The predicted octanol–water partition coefficient (Wildman–Crippen LogP) is 3.22. The van der Waals surface area contributed by atoms with E-state index in [4.69, 9.17) is 32.7 Å². The van der Waals surface area contributed by atoms with Crippen LogP contribution < -0.4 is 5.32 Å². The molecule has 0 fully saturated rings. The van der Waals surface area contributed by atoms with Crippen LogP contribution in [0.5, 0.6) is 0 Å². The SMILES string of the molecule is COCCC(NC(=O)C(C)OC)c1ccc(Cl)c(Cl)c1. The molecule has 0 aliphatic rings. The largest absolute Gasteiger partial charge is 0.385 e. The molecule has 0 heterocycles. The maximum atomic E-state index is 11.9. The van der Waals surface area contributed by atoms with Gasteiger partial charge in [-0.05, 0) is 31.0 Å². The molecule has 0 spiro atoms. The monoisotopic (exact) mass is 319 g/mol. The van der Waals surface area contributed by atoms with E-state index < -0.39 is 6.10 Å². The normalized spacial score (nSPS) is 13.8. The summed E-state index contributed by atoms with van der Waals surface area (Å²) < 4.78 is 10.1. The van der Waals surface area contributed by atoms with Gasteiger partial charge in [-0.1, -0.05) is 29.3 Å². The minimum Gasteiger partial charge on any atom is -0.385 e. The fourth-order valence-corrected chi connectivity index (χ4v) is 1.99. The van der Waals surface area contributed by atoms with E-state index >= 15 is 0 Å². The van der Waals surface area contributed by atoms with Crippen molar-refractivity contribution in [2.75, 3.05) is 20.8 Å². The van der Waals surface area contributed by atoms with E-state index in [-0.39, 0.29) is 11.9 Å². The molecule has 1 rings (SSSR count). The van der Waals surface area contributed by atoms with Crippen molar-refractivity contribution in [2.45, 2.75) is 25.5 Å². The molecular formula is C14H19Cl2NO3. The number of benzene rings is 1. The summed E-state index contributed by atoms with van der Waals surface area (Å²) in [5.41, 5.74) is 0.883. The van der Waals surface area contributed by atoms with E-state index in [0.29, 0.717) is 23.1 Å². The van der Waals surface area contributed by atoms with Gasteiger partial charge in [-0.15, -0.1) is 0 Å². The second-order valence-corrected chi connectivity index (χ2v) is 5.21. The van der Waals surface area contributed by atoms with E-state index in [9.17, 15) is 4.79 Å². The molecule has 0 aromatic heterocycles. The number of rotatable bonds is 7. The average Bonchev–Trinajstić information content (AvgIpc) is 2.45. The summed E-state index contributed by atoms with van der Waals surface area (Å²) in [6, 6.07) is 5.11. The van der Waals surface area contributed by atoms with E-state index in [1.807, 2.05) is 6.07 Å². The van der Waals surface area contributed by atoms with E-state index in [1.165, 1.54) is 7.11 Å². The first-order valence-corrected chi connectivity index (χ1v) is 7.02. The van der Waals surface area contributed by atoms with Crippen LogP contribution in [0.25, 0.3) is 0 Å². The number of ether oxygens (including phenoxy) is 2. The third kappa shape index (κ3) is 4.94. The summed E-state index contributed by atoms with van der Waals surface area (Å²) in [7, 11) is 3.11. The highest BCUT2D eigenvalue weighted by Crippen LogP contribution is 2.27. The van der Waals surface area contributed by atoms with Crippen molar-refractivity contribution >= 4 is 29.1 Å². The van der Waals surface area contributed by atoms with Crippen LogP contribution >= 0.6 is 23.2 Å². The Labute approximate surface area is 129 Å². The minimum absolute atomic E-state index is 0.181. The smallest absolute Gasteiger partial charge is 0.249 e. The highest BCUT2D eigenvalue weighted by molar-refractivity contribution is 6.42. The van der Waals surface area contributed by atoms with Gasteiger partial charge in [-0.2, -0.15) is 0 Å². The number of nitrogens with one attached hydrogen (secondary N) is 1. The van der Waals surface area contributed by atoms with Gasteiger partial charge in [0.05, 0.1) is 16.1 Å². The van der Waals surface area contributed by atoms with Crippen LogP contribution in [-0.4, -0.2) is 32.8 Å². The molecule has 0 saturated carbocycles. The number of carbonyl (C=O) groups is 1. The van der Waals surface area contributed by atoms with Gasteiger partial charge >= 0.3 is 0 Å². The second kappa shape index (κ2) is 8.47. The maximum Gasteiger partial charge on any atom is 0.249 e. The molecular weight excluding hydrogens is 301 g/mol. The van der Waals surface area contributed by atoms with Gasteiger partial charge in [0.2, 0.25) is 5.91 Å². The molecule has 6 heteroatoms. The fourth-order valence-electron chi connectivity index (χ4n) is 1.68. The Morgan fingerprint density at radius 2 is 2.00 bits per heavy atom. The van der Waals surface area contributed by atoms with Crippen LogP contribution in [0.4, 0.5) is 0 Å². The Morgan fingerprint density at radius 3 is 2.55 bits per heavy atom. The van der Waals surface area contributed by atoms with Gasteiger partial charge in [-0.25, -0.2) is 0 Å². The molecule has 0 bridgehead atoms. The fraction of sp³-hybridized carbons (Fsp3) is 0.500. The molecule has 0 aliphatic heterocycles. The summed E-state index contributed by atoms with van der Waals surface area (Å²) in [4.78, 5) is 11.9. The number of carbonyl (C=O) groups excluding carboxylic acids is 1. The zero-order valence-corrected chi connectivity index (χ0v) is 13.3. The van der Waals surface area contributed by atoms with Crippen LogP contribution in [0.1, 0.15) is 24.9 Å². The van der Waals surface area contributed by atoms with E-state index in [2.05, 4.69) is 5.32 Å². The molecule has 20 heavy (non-hydrogen) atoms. The Balaban J connectivity index is 2.87. The third-order valence-electron chi connectivity index (χ3n) is 3.00. The van der Waals surface area contributed by atoms with Crippen LogP contribution in [0, 0.1) is 0 Å². The third-order valence-corrected chi connectivity index (χ3v) is 3.73. The summed E-state index contributed by atoms with van der Waals surface area (Å²) in [6.07, 6.45) is 0.124. The summed E-state index contributed by atoms with van der Waals surface area (Å²) in [5, 5.41) is 3.86. The van der Waals surface area contributed by atoms with Crippen molar-refractivity contribution in [3.8, 4) is 0 Å². The van der Waals surface area contributed by atoms with Crippen molar-refractivity contribution < 1.29 is 14.3 Å². The zero-order chi connectivity index (χ0) is 15.1. The average molecular weight is 320 g/mol. The first-order chi connectivity index (χ1) is 9.49. The van der Waals surface area contributed by atoms with Gasteiger partial charge in [0.15, 0.2) is 0 Å². The lowest BCUT2D eigenvalue weighted by Gasteiger charge is -2.21. The molecule has 1 amide bonds. The summed E-state index contributed by atoms with van der Waals surface area (Å²) >= 11 is 11.9. The van der Waals surface area contributed by atoms with Gasteiger partial charge in [0.25, 0.3) is 0 Å². The lowest BCUT2D eigenvalue weighted by Crippen LogP contribution is -2.37. The lowest BCUT2D eigenvalue weighted by molar-refractivity contribution is -0.131. The first-order valence-electron chi connectivity index (χ1n) is 6.26. The van der Waals surface area contributed by atoms with Gasteiger partial charge in [-0.3, -0.25) is 4.79 Å². The summed E-state index contributed by atoms with van der Waals surface area (Å²) in [6.45, 7) is 2.21. The Kier molecular flexibility index (Phi) is 7.30. The number of methoxy groups -OCH3 is 2. The molecule has 112 valence electrons. The molecule has 1 aromatic rings. The Morgan fingerprint density at radius 1 is 1.30 bits per heavy atom. The number of halogens is 2. The summed E-state index contributed by atoms with van der Waals surface area (Å²) in [5.74, 6) is -0.181. The molecule has 0 aliphatic carbocycles. The molecule has 0 radical (unpaired) electrons. The predicted molar refractivity (Wildman–Crippen MR) is 80.3 cm³/mol. The minimum atomic E-state index is -0.511. The van der Waals surface area contributed by atoms with Crippen molar-refractivity contribution in [3.05, 3.63) is 33.8 Å². The molecule has 0 saturated heterocycles.